The first-order valence-corrected chi connectivity index (χ1v) is 9.75. The number of aromatic nitrogens is 2. The molecule has 0 atom stereocenters. The van der Waals surface area contributed by atoms with Gasteiger partial charge in [0.1, 0.15) is 0 Å². The minimum Gasteiger partial charge on any atom is -0.348 e. The van der Waals surface area contributed by atoms with Crippen molar-refractivity contribution >= 4 is 17.5 Å². The maximum absolute atomic E-state index is 12.4. The highest BCUT2D eigenvalue weighted by Gasteiger charge is 2.24. The average Bonchev–Trinajstić information content (AvgIpc) is 3.21. The first-order chi connectivity index (χ1) is 14.2. The SMILES string of the molecule is CCC(=O)N1CCc2cc(-c3nnccc3CNC(=O)c3ccccc3)ccc21. The normalized spacial score (nSPS) is 12.5. The third kappa shape index (κ3) is 3.87. The second kappa shape index (κ2) is 8.22. The highest BCUT2D eigenvalue weighted by Crippen LogP contribution is 2.33. The van der Waals surface area contributed by atoms with E-state index in [9.17, 15) is 9.59 Å². The second-order valence-electron chi connectivity index (χ2n) is 6.95. The molecule has 1 aliphatic rings. The van der Waals surface area contributed by atoms with Crippen LogP contribution in [-0.4, -0.2) is 28.6 Å². The Balaban J connectivity index is 1.56. The van der Waals surface area contributed by atoms with Gasteiger partial charge in [0.25, 0.3) is 5.91 Å². The van der Waals surface area contributed by atoms with Crippen molar-refractivity contribution in [1.82, 2.24) is 15.5 Å². The van der Waals surface area contributed by atoms with Crippen LogP contribution in [0.3, 0.4) is 0 Å². The molecule has 0 aliphatic carbocycles. The molecule has 0 spiro atoms. The van der Waals surface area contributed by atoms with Crippen LogP contribution < -0.4 is 10.2 Å². The zero-order valence-electron chi connectivity index (χ0n) is 16.3. The van der Waals surface area contributed by atoms with Crippen molar-refractivity contribution in [2.75, 3.05) is 11.4 Å². The van der Waals surface area contributed by atoms with Gasteiger partial charge in [-0.05, 0) is 42.3 Å². The summed E-state index contributed by atoms with van der Waals surface area (Å²) in [5.41, 5.74) is 5.30. The Labute approximate surface area is 169 Å². The fraction of sp³-hybridized carbons (Fsp3) is 0.217. The van der Waals surface area contributed by atoms with Gasteiger partial charge in [-0.25, -0.2) is 0 Å². The Hall–Kier alpha value is -3.54. The van der Waals surface area contributed by atoms with E-state index < -0.39 is 0 Å². The van der Waals surface area contributed by atoms with Crippen LogP contribution in [0.15, 0.2) is 60.8 Å². The molecule has 1 N–H and O–H groups in total. The summed E-state index contributed by atoms with van der Waals surface area (Å²) in [6, 6.07) is 17.0. The molecule has 2 heterocycles. The van der Waals surface area contributed by atoms with Gasteiger partial charge in [-0.15, -0.1) is 0 Å². The van der Waals surface area contributed by atoms with Crippen molar-refractivity contribution in [1.29, 1.82) is 0 Å². The molecule has 146 valence electrons. The Kier molecular flexibility index (Phi) is 5.33. The number of anilines is 1. The molecule has 0 bridgehead atoms. The molecule has 1 aromatic heterocycles. The van der Waals surface area contributed by atoms with Gasteiger partial charge in [0, 0.05) is 48.1 Å². The molecule has 0 saturated heterocycles. The lowest BCUT2D eigenvalue weighted by molar-refractivity contribution is -0.118. The lowest BCUT2D eigenvalue weighted by Crippen LogP contribution is -2.27. The molecule has 29 heavy (non-hydrogen) atoms. The number of rotatable bonds is 5. The number of amides is 2. The molecule has 2 aromatic carbocycles. The summed E-state index contributed by atoms with van der Waals surface area (Å²) in [4.78, 5) is 26.3. The number of benzene rings is 2. The van der Waals surface area contributed by atoms with E-state index in [0.717, 1.165) is 34.5 Å². The molecule has 3 aromatic rings. The lowest BCUT2D eigenvalue weighted by Gasteiger charge is -2.16. The number of hydrogen-bond acceptors (Lipinski definition) is 4. The van der Waals surface area contributed by atoms with Gasteiger partial charge in [0.15, 0.2) is 0 Å². The zero-order chi connectivity index (χ0) is 20.2. The summed E-state index contributed by atoms with van der Waals surface area (Å²) >= 11 is 0. The topological polar surface area (TPSA) is 75.2 Å². The van der Waals surface area contributed by atoms with E-state index in [1.54, 1.807) is 18.3 Å². The van der Waals surface area contributed by atoms with E-state index in [2.05, 4.69) is 21.6 Å². The van der Waals surface area contributed by atoms with Crippen molar-refractivity contribution in [3.05, 3.63) is 77.5 Å². The van der Waals surface area contributed by atoms with E-state index in [0.29, 0.717) is 25.1 Å². The van der Waals surface area contributed by atoms with Crippen molar-refractivity contribution < 1.29 is 9.59 Å². The number of fused-ring (bicyclic) bond motifs is 1. The van der Waals surface area contributed by atoms with Crippen molar-refractivity contribution in [3.8, 4) is 11.3 Å². The standard InChI is InChI=1S/C23H22N4O2/c1-2-21(28)27-13-11-17-14-18(8-9-20(17)27)22-19(10-12-25-26-22)15-24-23(29)16-6-4-3-5-7-16/h3-10,12,14H,2,11,13,15H2,1H3,(H,24,29). The van der Waals surface area contributed by atoms with Crippen molar-refractivity contribution in [3.63, 3.8) is 0 Å². The third-order valence-electron chi connectivity index (χ3n) is 5.13. The molecule has 0 saturated carbocycles. The molecule has 0 unspecified atom stereocenters. The molecule has 2 amide bonds. The van der Waals surface area contributed by atoms with Crippen molar-refractivity contribution in [2.45, 2.75) is 26.3 Å². The fourth-order valence-corrected chi connectivity index (χ4v) is 3.61. The molecule has 0 fully saturated rings. The summed E-state index contributed by atoms with van der Waals surface area (Å²) in [6.45, 7) is 2.95. The Bertz CT molecular complexity index is 1050. The predicted octanol–water partition coefficient (Wildman–Crippen LogP) is 3.37. The molecule has 6 nitrogen and oxygen atoms in total. The zero-order valence-corrected chi connectivity index (χ0v) is 16.3. The number of hydrogen-bond donors (Lipinski definition) is 1. The van der Waals surface area contributed by atoms with E-state index in [1.807, 2.05) is 48.2 Å². The molecule has 6 heteroatoms. The maximum atomic E-state index is 12.4. The fourth-order valence-electron chi connectivity index (χ4n) is 3.61. The van der Waals surface area contributed by atoms with Crippen molar-refractivity contribution in [2.24, 2.45) is 0 Å². The van der Waals surface area contributed by atoms with Crippen LogP contribution in [0.25, 0.3) is 11.3 Å². The van der Waals surface area contributed by atoms with Gasteiger partial charge >= 0.3 is 0 Å². The van der Waals surface area contributed by atoms with Gasteiger partial charge < -0.3 is 10.2 Å². The quantitative estimate of drug-likeness (QED) is 0.729. The van der Waals surface area contributed by atoms with Gasteiger partial charge in [-0.1, -0.05) is 31.2 Å². The largest absolute Gasteiger partial charge is 0.348 e. The van der Waals surface area contributed by atoms with E-state index in [-0.39, 0.29) is 11.8 Å². The third-order valence-corrected chi connectivity index (χ3v) is 5.13. The van der Waals surface area contributed by atoms with Crippen LogP contribution in [0.1, 0.15) is 34.8 Å². The predicted molar refractivity (Wildman–Crippen MR) is 111 cm³/mol. The van der Waals surface area contributed by atoms with Gasteiger partial charge in [0.2, 0.25) is 5.91 Å². The Morgan fingerprint density at radius 1 is 1.10 bits per heavy atom. The summed E-state index contributed by atoms with van der Waals surface area (Å²) < 4.78 is 0. The average molecular weight is 386 g/mol. The summed E-state index contributed by atoms with van der Waals surface area (Å²) in [5.74, 6) is 0.0105. The van der Waals surface area contributed by atoms with Gasteiger partial charge in [-0.3, -0.25) is 9.59 Å². The van der Waals surface area contributed by atoms with E-state index in [1.165, 1.54) is 0 Å². The first-order valence-electron chi connectivity index (χ1n) is 9.75. The van der Waals surface area contributed by atoms with Crippen LogP contribution in [-0.2, 0) is 17.8 Å². The van der Waals surface area contributed by atoms with Gasteiger partial charge in [0.05, 0.1) is 5.69 Å². The number of carbonyl (C=O) groups excluding carboxylic acids is 2. The van der Waals surface area contributed by atoms with Crippen LogP contribution in [0.2, 0.25) is 0 Å². The lowest BCUT2D eigenvalue weighted by atomic mass is 10.0. The van der Waals surface area contributed by atoms with Crippen LogP contribution in [0.4, 0.5) is 5.69 Å². The Morgan fingerprint density at radius 3 is 2.72 bits per heavy atom. The Morgan fingerprint density at radius 2 is 1.93 bits per heavy atom. The summed E-state index contributed by atoms with van der Waals surface area (Å²) in [5, 5.41) is 11.3. The highest BCUT2D eigenvalue weighted by molar-refractivity contribution is 5.96. The number of nitrogens with one attached hydrogen (secondary N) is 1. The van der Waals surface area contributed by atoms with E-state index >= 15 is 0 Å². The monoisotopic (exact) mass is 386 g/mol. The maximum Gasteiger partial charge on any atom is 0.251 e. The molecule has 0 radical (unpaired) electrons. The van der Waals surface area contributed by atoms with Gasteiger partial charge in [-0.2, -0.15) is 10.2 Å². The summed E-state index contributed by atoms with van der Waals surface area (Å²) in [7, 11) is 0. The smallest absolute Gasteiger partial charge is 0.251 e. The van der Waals surface area contributed by atoms with Crippen LogP contribution >= 0.6 is 0 Å². The summed E-state index contributed by atoms with van der Waals surface area (Å²) in [6.07, 6.45) is 2.95. The molecule has 1 aliphatic heterocycles. The minimum atomic E-state index is -0.129. The molecular formula is C23H22N4O2. The molecular weight excluding hydrogens is 364 g/mol. The highest BCUT2D eigenvalue weighted by atomic mass is 16.2. The second-order valence-corrected chi connectivity index (χ2v) is 6.95. The van der Waals surface area contributed by atoms with E-state index in [4.69, 9.17) is 0 Å². The minimum absolute atomic E-state index is 0.129. The van der Waals surface area contributed by atoms with Crippen LogP contribution in [0.5, 0.6) is 0 Å². The first kappa shape index (κ1) is 18.8. The molecule has 4 rings (SSSR count). The number of carbonyl (C=O) groups is 2. The van der Waals surface area contributed by atoms with Crippen LogP contribution in [0, 0.1) is 0 Å². The number of nitrogens with zero attached hydrogens (tertiary/aromatic N) is 3.